The van der Waals surface area contributed by atoms with Crippen LogP contribution in [0.2, 0.25) is 5.02 Å². The van der Waals surface area contributed by atoms with Gasteiger partial charge in [0.05, 0.1) is 5.69 Å². The highest BCUT2D eigenvalue weighted by atomic mass is 35.5. The topological polar surface area (TPSA) is 80.0 Å². The van der Waals surface area contributed by atoms with E-state index < -0.39 is 11.7 Å². The van der Waals surface area contributed by atoms with Crippen LogP contribution >= 0.6 is 11.6 Å². The van der Waals surface area contributed by atoms with Crippen LogP contribution in [0.4, 0.5) is 10.1 Å². The first-order chi connectivity index (χ1) is 11.0. The minimum Gasteiger partial charge on any atom is -0.506 e. The molecule has 2 aromatic carbocycles. The van der Waals surface area contributed by atoms with Crippen molar-refractivity contribution in [3.8, 4) is 11.4 Å². The molecule has 0 saturated carbocycles. The Kier molecular flexibility index (Phi) is 3.94. The molecule has 0 fully saturated rings. The molecule has 0 aliphatic carbocycles. The van der Waals surface area contributed by atoms with Crippen molar-refractivity contribution >= 4 is 23.2 Å². The highest BCUT2D eigenvalue weighted by Gasteiger charge is 2.13. The summed E-state index contributed by atoms with van der Waals surface area (Å²) in [4.78, 5) is 15.9. The summed E-state index contributed by atoms with van der Waals surface area (Å²) in [6, 6.07) is 8.17. The fourth-order valence-corrected chi connectivity index (χ4v) is 2.14. The summed E-state index contributed by atoms with van der Waals surface area (Å²) in [6.45, 7) is 0. The molecular formula is C15H10ClFN4O2. The van der Waals surface area contributed by atoms with Gasteiger partial charge in [-0.25, -0.2) is 14.1 Å². The third-order valence-corrected chi connectivity index (χ3v) is 3.32. The maximum Gasteiger partial charge on any atom is 0.255 e. The number of amides is 1. The van der Waals surface area contributed by atoms with E-state index in [0.717, 1.165) is 6.07 Å². The Morgan fingerprint density at radius 3 is 2.78 bits per heavy atom. The molecular weight excluding hydrogens is 323 g/mol. The lowest BCUT2D eigenvalue weighted by Crippen LogP contribution is -2.13. The van der Waals surface area contributed by atoms with Crippen LogP contribution in [-0.2, 0) is 0 Å². The van der Waals surface area contributed by atoms with Crippen LogP contribution in [0.15, 0.2) is 49.1 Å². The van der Waals surface area contributed by atoms with E-state index in [1.54, 1.807) is 0 Å². The highest BCUT2D eigenvalue weighted by Crippen LogP contribution is 2.27. The molecule has 0 saturated heterocycles. The fraction of sp³-hybridized carbons (Fsp3) is 0. The third-order valence-electron chi connectivity index (χ3n) is 3.08. The Morgan fingerprint density at radius 2 is 2.09 bits per heavy atom. The molecule has 0 radical (unpaired) electrons. The fourth-order valence-electron chi connectivity index (χ4n) is 1.97. The lowest BCUT2D eigenvalue weighted by Gasteiger charge is -2.09. The Labute approximate surface area is 135 Å². The average Bonchev–Trinajstić information content (AvgIpc) is 3.05. The van der Waals surface area contributed by atoms with E-state index in [1.807, 2.05) is 0 Å². The maximum absolute atomic E-state index is 14.1. The van der Waals surface area contributed by atoms with Gasteiger partial charge in [-0.3, -0.25) is 4.79 Å². The van der Waals surface area contributed by atoms with Gasteiger partial charge in [0.1, 0.15) is 29.9 Å². The van der Waals surface area contributed by atoms with Gasteiger partial charge in [-0.1, -0.05) is 11.6 Å². The lowest BCUT2D eigenvalue weighted by molar-refractivity contribution is 0.102. The van der Waals surface area contributed by atoms with Crippen molar-refractivity contribution in [2.24, 2.45) is 0 Å². The number of hydrogen-bond acceptors (Lipinski definition) is 4. The first kappa shape index (κ1) is 15.0. The number of benzene rings is 2. The first-order valence-corrected chi connectivity index (χ1v) is 6.87. The van der Waals surface area contributed by atoms with E-state index in [1.165, 1.54) is 47.7 Å². The molecule has 0 aliphatic heterocycles. The van der Waals surface area contributed by atoms with Crippen LogP contribution in [0.25, 0.3) is 5.69 Å². The average molecular weight is 333 g/mol. The smallest absolute Gasteiger partial charge is 0.255 e. The normalized spacial score (nSPS) is 10.5. The zero-order valence-corrected chi connectivity index (χ0v) is 12.3. The molecule has 8 heteroatoms. The van der Waals surface area contributed by atoms with E-state index in [9.17, 15) is 14.3 Å². The predicted molar refractivity (Wildman–Crippen MR) is 82.4 cm³/mol. The number of aromatic hydroxyl groups is 1. The zero-order chi connectivity index (χ0) is 16.4. The maximum atomic E-state index is 14.1. The summed E-state index contributed by atoms with van der Waals surface area (Å²) in [5.41, 5.74) is 0.402. The Balaban J connectivity index is 1.86. The van der Waals surface area contributed by atoms with E-state index in [2.05, 4.69) is 15.4 Å². The number of halogens is 2. The number of aromatic nitrogens is 3. The van der Waals surface area contributed by atoms with Gasteiger partial charge >= 0.3 is 0 Å². The van der Waals surface area contributed by atoms with E-state index in [4.69, 9.17) is 11.6 Å². The molecule has 3 rings (SSSR count). The molecule has 1 aromatic heterocycles. The molecule has 23 heavy (non-hydrogen) atoms. The molecule has 116 valence electrons. The Morgan fingerprint density at radius 1 is 1.26 bits per heavy atom. The largest absolute Gasteiger partial charge is 0.506 e. The van der Waals surface area contributed by atoms with Crippen molar-refractivity contribution in [3.63, 3.8) is 0 Å². The second kappa shape index (κ2) is 6.05. The summed E-state index contributed by atoms with van der Waals surface area (Å²) in [7, 11) is 0. The summed E-state index contributed by atoms with van der Waals surface area (Å²) >= 11 is 5.81. The SMILES string of the molecule is O=C(Nc1cc(Cl)ccc1O)c1ccc(-n2cncn2)c(F)c1. The zero-order valence-electron chi connectivity index (χ0n) is 11.6. The summed E-state index contributed by atoms with van der Waals surface area (Å²) in [5, 5.41) is 16.3. The molecule has 0 aliphatic rings. The van der Waals surface area contributed by atoms with Crippen molar-refractivity contribution in [1.29, 1.82) is 0 Å². The van der Waals surface area contributed by atoms with Crippen LogP contribution in [0.3, 0.4) is 0 Å². The molecule has 0 atom stereocenters. The van der Waals surface area contributed by atoms with Gasteiger partial charge in [0.2, 0.25) is 0 Å². The minimum atomic E-state index is -0.626. The van der Waals surface area contributed by atoms with Crippen molar-refractivity contribution < 1.29 is 14.3 Å². The number of phenolic OH excluding ortho intramolecular Hbond substituents is 1. The number of rotatable bonds is 3. The molecule has 1 heterocycles. The van der Waals surface area contributed by atoms with Gasteiger partial charge < -0.3 is 10.4 Å². The number of carbonyl (C=O) groups is 1. The molecule has 3 aromatic rings. The Hall–Kier alpha value is -2.93. The molecule has 2 N–H and O–H groups in total. The summed E-state index contributed by atoms with van der Waals surface area (Å²) in [6.07, 6.45) is 2.63. The number of phenols is 1. The molecule has 0 unspecified atom stereocenters. The molecule has 0 spiro atoms. The molecule has 1 amide bonds. The summed E-state index contributed by atoms with van der Waals surface area (Å²) in [5.74, 6) is -1.34. The first-order valence-electron chi connectivity index (χ1n) is 6.49. The van der Waals surface area contributed by atoms with Gasteiger partial charge in [-0.05, 0) is 36.4 Å². The standard InChI is InChI=1S/C15H10ClFN4O2/c16-10-2-4-14(22)12(6-10)20-15(23)9-1-3-13(11(17)5-9)21-8-18-7-19-21/h1-8,22H,(H,20,23). The third kappa shape index (κ3) is 3.14. The number of nitrogens with zero attached hydrogens (tertiary/aromatic N) is 3. The van der Waals surface area contributed by atoms with Gasteiger partial charge in [0.15, 0.2) is 0 Å². The van der Waals surface area contributed by atoms with Crippen LogP contribution in [-0.4, -0.2) is 25.8 Å². The predicted octanol–water partition coefficient (Wildman–Crippen LogP) is 3.02. The quantitative estimate of drug-likeness (QED) is 0.722. The number of hydrogen-bond donors (Lipinski definition) is 2. The van der Waals surface area contributed by atoms with Crippen molar-refractivity contribution in [3.05, 3.63) is 65.5 Å². The van der Waals surface area contributed by atoms with Crippen LogP contribution in [0, 0.1) is 5.82 Å². The van der Waals surface area contributed by atoms with Crippen LogP contribution in [0.1, 0.15) is 10.4 Å². The lowest BCUT2D eigenvalue weighted by atomic mass is 10.1. The number of nitrogens with one attached hydrogen (secondary N) is 1. The van der Waals surface area contributed by atoms with Crippen molar-refractivity contribution in [2.45, 2.75) is 0 Å². The van der Waals surface area contributed by atoms with E-state index in [-0.39, 0.29) is 22.7 Å². The van der Waals surface area contributed by atoms with E-state index >= 15 is 0 Å². The summed E-state index contributed by atoms with van der Waals surface area (Å²) < 4.78 is 15.4. The molecule has 6 nitrogen and oxygen atoms in total. The minimum absolute atomic E-state index is 0.0886. The monoisotopic (exact) mass is 332 g/mol. The second-order valence-corrected chi connectivity index (χ2v) is 5.06. The Bertz CT molecular complexity index is 868. The number of carbonyl (C=O) groups excluding carboxylic acids is 1. The van der Waals surface area contributed by atoms with Gasteiger partial charge in [-0.15, -0.1) is 0 Å². The van der Waals surface area contributed by atoms with E-state index in [0.29, 0.717) is 5.02 Å². The number of anilines is 1. The van der Waals surface area contributed by atoms with Crippen molar-refractivity contribution in [2.75, 3.05) is 5.32 Å². The molecule has 0 bridgehead atoms. The van der Waals surface area contributed by atoms with Crippen molar-refractivity contribution in [1.82, 2.24) is 14.8 Å². The highest BCUT2D eigenvalue weighted by molar-refractivity contribution is 6.31. The van der Waals surface area contributed by atoms with Gasteiger partial charge in [0.25, 0.3) is 5.91 Å². The van der Waals surface area contributed by atoms with Crippen LogP contribution < -0.4 is 5.32 Å². The van der Waals surface area contributed by atoms with Crippen LogP contribution in [0.5, 0.6) is 5.75 Å². The van der Waals surface area contributed by atoms with Gasteiger partial charge in [0, 0.05) is 10.6 Å². The second-order valence-electron chi connectivity index (χ2n) is 4.62. The van der Waals surface area contributed by atoms with Gasteiger partial charge in [-0.2, -0.15) is 5.10 Å².